The summed E-state index contributed by atoms with van der Waals surface area (Å²) in [6.45, 7) is 0.144. The van der Waals surface area contributed by atoms with Crippen LogP contribution in [-0.4, -0.2) is 44.8 Å². The number of rotatable bonds is 7. The standard InChI is InChI=1S/C19H18Cl2N2O4S/c1-26-9-10-28(24,25)15-6-3-13(4-7-15)17-12-19(21)22-23(17)14-5-8-18(27-2)16(20)11-14/h3-8,11-12H,9-10H2,1-2H3. The van der Waals surface area contributed by atoms with Gasteiger partial charge in [-0.2, -0.15) is 5.10 Å². The molecule has 0 bridgehead atoms. The summed E-state index contributed by atoms with van der Waals surface area (Å²) in [5, 5.41) is 5.06. The van der Waals surface area contributed by atoms with Gasteiger partial charge in [-0.25, -0.2) is 13.1 Å². The highest BCUT2D eigenvalue weighted by molar-refractivity contribution is 7.91. The summed E-state index contributed by atoms with van der Waals surface area (Å²) in [5.74, 6) is 0.479. The van der Waals surface area contributed by atoms with Gasteiger partial charge in [-0.05, 0) is 30.3 Å². The van der Waals surface area contributed by atoms with E-state index in [1.54, 1.807) is 60.3 Å². The number of aromatic nitrogens is 2. The summed E-state index contributed by atoms with van der Waals surface area (Å²) in [4.78, 5) is 0.234. The monoisotopic (exact) mass is 440 g/mol. The number of nitrogens with zero attached hydrogens (tertiary/aromatic N) is 2. The summed E-state index contributed by atoms with van der Waals surface area (Å²) < 4.78 is 36.2. The first kappa shape index (κ1) is 20.7. The summed E-state index contributed by atoms with van der Waals surface area (Å²) in [7, 11) is -0.388. The molecule has 3 rings (SSSR count). The van der Waals surface area contributed by atoms with Crippen molar-refractivity contribution in [2.45, 2.75) is 4.90 Å². The van der Waals surface area contributed by atoms with Crippen LogP contribution in [0.4, 0.5) is 0 Å². The minimum absolute atomic E-state index is 0.0725. The van der Waals surface area contributed by atoms with Gasteiger partial charge < -0.3 is 9.47 Å². The lowest BCUT2D eigenvalue weighted by atomic mass is 10.1. The Labute approximate surface area is 173 Å². The SMILES string of the molecule is COCCS(=O)(=O)c1ccc(-c2cc(Cl)nn2-c2ccc(OC)c(Cl)c2)cc1. The summed E-state index contributed by atoms with van der Waals surface area (Å²) >= 11 is 12.3. The highest BCUT2D eigenvalue weighted by Crippen LogP contribution is 2.31. The molecule has 2 aromatic carbocycles. The summed E-state index contributed by atoms with van der Waals surface area (Å²) in [6, 6.07) is 13.5. The molecule has 0 N–H and O–H groups in total. The van der Waals surface area contributed by atoms with Crippen LogP contribution < -0.4 is 4.74 Å². The van der Waals surface area contributed by atoms with Crippen LogP contribution in [0.15, 0.2) is 53.4 Å². The van der Waals surface area contributed by atoms with Crippen molar-refractivity contribution in [1.82, 2.24) is 9.78 Å². The topological polar surface area (TPSA) is 70.4 Å². The number of hydrogen-bond acceptors (Lipinski definition) is 5. The Kier molecular flexibility index (Phi) is 6.30. The predicted octanol–water partition coefficient (Wildman–Crippen LogP) is 4.27. The van der Waals surface area contributed by atoms with Crippen molar-refractivity contribution in [3.63, 3.8) is 0 Å². The summed E-state index contributed by atoms with van der Waals surface area (Å²) in [5.41, 5.74) is 2.16. The van der Waals surface area contributed by atoms with E-state index < -0.39 is 9.84 Å². The molecule has 0 atom stereocenters. The van der Waals surface area contributed by atoms with E-state index in [4.69, 9.17) is 32.7 Å². The van der Waals surface area contributed by atoms with E-state index >= 15 is 0 Å². The van der Waals surface area contributed by atoms with Crippen molar-refractivity contribution in [3.8, 4) is 22.7 Å². The van der Waals surface area contributed by atoms with Gasteiger partial charge in [0.2, 0.25) is 0 Å². The molecule has 0 aliphatic heterocycles. The first-order valence-electron chi connectivity index (χ1n) is 8.27. The van der Waals surface area contributed by atoms with E-state index in [9.17, 15) is 8.42 Å². The average Bonchev–Trinajstić information content (AvgIpc) is 3.08. The van der Waals surface area contributed by atoms with Gasteiger partial charge in [-0.1, -0.05) is 35.3 Å². The maximum atomic E-state index is 12.3. The lowest BCUT2D eigenvalue weighted by molar-refractivity contribution is 0.217. The number of methoxy groups -OCH3 is 2. The van der Waals surface area contributed by atoms with Crippen molar-refractivity contribution < 1.29 is 17.9 Å². The van der Waals surface area contributed by atoms with Crippen LogP contribution in [0.3, 0.4) is 0 Å². The zero-order chi connectivity index (χ0) is 20.3. The molecule has 0 spiro atoms. The predicted molar refractivity (Wildman–Crippen MR) is 110 cm³/mol. The minimum atomic E-state index is -3.40. The van der Waals surface area contributed by atoms with Gasteiger partial charge in [0.25, 0.3) is 0 Å². The molecule has 28 heavy (non-hydrogen) atoms. The number of ether oxygens (including phenoxy) is 2. The number of hydrogen-bond donors (Lipinski definition) is 0. The molecule has 0 amide bonds. The van der Waals surface area contributed by atoms with E-state index in [0.717, 1.165) is 5.56 Å². The highest BCUT2D eigenvalue weighted by atomic mass is 35.5. The van der Waals surface area contributed by atoms with Crippen LogP contribution in [0.25, 0.3) is 16.9 Å². The zero-order valence-corrected chi connectivity index (χ0v) is 17.6. The number of halogens is 2. The van der Waals surface area contributed by atoms with Crippen LogP contribution in [0.1, 0.15) is 0 Å². The molecule has 1 heterocycles. The molecule has 0 radical (unpaired) electrons. The Morgan fingerprint density at radius 2 is 1.75 bits per heavy atom. The van der Waals surface area contributed by atoms with Gasteiger partial charge in [0.15, 0.2) is 15.0 Å². The van der Waals surface area contributed by atoms with E-state index in [-0.39, 0.29) is 17.3 Å². The van der Waals surface area contributed by atoms with Gasteiger partial charge >= 0.3 is 0 Å². The van der Waals surface area contributed by atoms with Crippen LogP contribution in [-0.2, 0) is 14.6 Å². The van der Waals surface area contributed by atoms with Crippen LogP contribution >= 0.6 is 23.2 Å². The maximum Gasteiger partial charge on any atom is 0.180 e. The molecule has 0 aliphatic carbocycles. The fraction of sp³-hybridized carbons (Fsp3) is 0.211. The molecule has 0 saturated heterocycles. The lowest BCUT2D eigenvalue weighted by Crippen LogP contribution is -2.11. The quantitative estimate of drug-likeness (QED) is 0.548. The van der Waals surface area contributed by atoms with Gasteiger partial charge in [0, 0.05) is 18.7 Å². The van der Waals surface area contributed by atoms with Crippen molar-refractivity contribution in [2.75, 3.05) is 26.6 Å². The van der Waals surface area contributed by atoms with E-state index in [1.165, 1.54) is 7.11 Å². The average molecular weight is 441 g/mol. The van der Waals surface area contributed by atoms with Crippen molar-refractivity contribution >= 4 is 33.0 Å². The molecular weight excluding hydrogens is 423 g/mol. The first-order chi connectivity index (χ1) is 13.4. The second-order valence-electron chi connectivity index (χ2n) is 5.92. The second-order valence-corrected chi connectivity index (χ2v) is 8.82. The normalized spacial score (nSPS) is 11.6. The third kappa shape index (κ3) is 4.33. The van der Waals surface area contributed by atoms with E-state index in [1.807, 2.05) is 0 Å². The number of benzene rings is 2. The Bertz CT molecular complexity index is 1080. The molecule has 0 unspecified atom stereocenters. The molecule has 9 heteroatoms. The van der Waals surface area contributed by atoms with Gasteiger partial charge in [-0.3, -0.25) is 0 Å². The van der Waals surface area contributed by atoms with E-state index in [0.29, 0.717) is 27.3 Å². The van der Waals surface area contributed by atoms with Crippen LogP contribution in [0.2, 0.25) is 10.2 Å². The highest BCUT2D eigenvalue weighted by Gasteiger charge is 2.16. The van der Waals surface area contributed by atoms with Gasteiger partial charge in [0.1, 0.15) is 5.75 Å². The molecule has 1 aromatic heterocycles. The molecule has 6 nitrogen and oxygen atoms in total. The third-order valence-corrected chi connectivity index (χ3v) is 6.30. The lowest BCUT2D eigenvalue weighted by Gasteiger charge is -2.10. The summed E-state index contributed by atoms with van der Waals surface area (Å²) in [6.07, 6.45) is 0. The molecule has 0 aliphatic rings. The Morgan fingerprint density at radius 1 is 1.04 bits per heavy atom. The van der Waals surface area contributed by atoms with Crippen molar-refractivity contribution in [1.29, 1.82) is 0 Å². The molecule has 3 aromatic rings. The molecular formula is C19H18Cl2N2O4S. The molecule has 0 saturated carbocycles. The molecule has 148 valence electrons. The second kappa shape index (κ2) is 8.53. The molecule has 0 fully saturated rings. The van der Waals surface area contributed by atoms with Gasteiger partial charge in [0.05, 0.1) is 40.8 Å². The zero-order valence-electron chi connectivity index (χ0n) is 15.2. The van der Waals surface area contributed by atoms with E-state index in [2.05, 4.69) is 5.10 Å². The minimum Gasteiger partial charge on any atom is -0.495 e. The first-order valence-corrected chi connectivity index (χ1v) is 10.7. The smallest absolute Gasteiger partial charge is 0.180 e. The van der Waals surface area contributed by atoms with Gasteiger partial charge in [-0.15, -0.1) is 0 Å². The Hall–Kier alpha value is -2.06. The fourth-order valence-corrected chi connectivity index (χ4v) is 4.29. The largest absolute Gasteiger partial charge is 0.495 e. The Morgan fingerprint density at radius 3 is 2.36 bits per heavy atom. The van der Waals surface area contributed by atoms with Crippen molar-refractivity contribution in [3.05, 3.63) is 58.7 Å². The Balaban J connectivity index is 1.98. The maximum absolute atomic E-state index is 12.3. The third-order valence-electron chi connectivity index (χ3n) is 4.12. The van der Waals surface area contributed by atoms with Crippen LogP contribution in [0.5, 0.6) is 5.75 Å². The van der Waals surface area contributed by atoms with Crippen LogP contribution in [0, 0.1) is 0 Å². The number of sulfone groups is 1. The van der Waals surface area contributed by atoms with Crippen molar-refractivity contribution in [2.24, 2.45) is 0 Å². The fourth-order valence-electron chi connectivity index (χ4n) is 2.69.